The summed E-state index contributed by atoms with van der Waals surface area (Å²) in [5.41, 5.74) is -0.272. The molecule has 3 N–H and O–H groups in total. The minimum atomic E-state index is -0.281. The number of carbonyl (C=O) groups is 2. The molecule has 0 aromatic carbocycles. The van der Waals surface area contributed by atoms with Crippen molar-refractivity contribution in [1.82, 2.24) is 25.4 Å². The Morgan fingerprint density at radius 1 is 1.40 bits per heavy atom. The van der Waals surface area contributed by atoms with Gasteiger partial charge in [0.25, 0.3) is 0 Å². The summed E-state index contributed by atoms with van der Waals surface area (Å²) in [6, 6.07) is 0. The summed E-state index contributed by atoms with van der Waals surface area (Å²) >= 11 is 1.16. The second-order valence-electron chi connectivity index (χ2n) is 4.06. The van der Waals surface area contributed by atoms with Gasteiger partial charge in [-0.1, -0.05) is 25.1 Å². The molecule has 0 aliphatic heterocycles. The molecule has 0 aliphatic carbocycles. The molecule has 1 aromatic rings. The Labute approximate surface area is 120 Å². The molecule has 0 saturated heterocycles. The predicted molar refractivity (Wildman–Crippen MR) is 75.6 cm³/mol. The van der Waals surface area contributed by atoms with Crippen molar-refractivity contribution in [2.45, 2.75) is 31.5 Å². The van der Waals surface area contributed by atoms with E-state index in [1.54, 1.807) is 0 Å². The minimum absolute atomic E-state index is 0.0564. The lowest BCUT2D eigenvalue weighted by Gasteiger charge is -2.05. The maximum atomic E-state index is 11.5. The summed E-state index contributed by atoms with van der Waals surface area (Å²) in [7, 11) is 1.50. The number of amides is 2. The molecule has 0 unspecified atom stereocenters. The molecule has 1 aromatic heterocycles. The second-order valence-corrected chi connectivity index (χ2v) is 5.00. The molecule has 0 atom stereocenters. The molecule has 1 rings (SSSR count). The molecule has 2 amide bonds. The predicted octanol–water partition coefficient (Wildman–Crippen LogP) is -0.674. The first kappa shape index (κ1) is 16.3. The van der Waals surface area contributed by atoms with Crippen molar-refractivity contribution in [3.05, 3.63) is 10.5 Å². The number of H-pyrrole nitrogens is 1. The minimum Gasteiger partial charge on any atom is -0.358 e. The fourth-order valence-corrected chi connectivity index (χ4v) is 2.18. The zero-order valence-electron chi connectivity index (χ0n) is 11.6. The van der Waals surface area contributed by atoms with Gasteiger partial charge in [0.2, 0.25) is 11.8 Å². The summed E-state index contributed by atoms with van der Waals surface area (Å²) in [5, 5.41) is 11.6. The van der Waals surface area contributed by atoms with Crippen LogP contribution in [0.3, 0.4) is 0 Å². The molecule has 0 aliphatic rings. The first-order valence-corrected chi connectivity index (χ1v) is 7.32. The van der Waals surface area contributed by atoms with Gasteiger partial charge in [-0.25, -0.2) is 9.89 Å². The Balaban J connectivity index is 2.47. The van der Waals surface area contributed by atoms with Crippen LogP contribution in [0.4, 0.5) is 0 Å². The van der Waals surface area contributed by atoms with Crippen LogP contribution in [0.15, 0.2) is 9.95 Å². The Morgan fingerprint density at radius 2 is 2.15 bits per heavy atom. The Morgan fingerprint density at radius 3 is 2.80 bits per heavy atom. The van der Waals surface area contributed by atoms with Crippen LogP contribution in [0.5, 0.6) is 0 Å². The molecule has 0 bridgehead atoms. The molecule has 1 heterocycles. The number of thioether (sulfide) groups is 1. The van der Waals surface area contributed by atoms with Crippen LogP contribution in [0.25, 0.3) is 0 Å². The molecule has 0 fully saturated rings. The highest BCUT2D eigenvalue weighted by Crippen LogP contribution is 2.13. The fraction of sp³-hybridized carbons (Fsp3) is 0.636. The summed E-state index contributed by atoms with van der Waals surface area (Å²) in [6.45, 7) is 2.55. The van der Waals surface area contributed by atoms with Gasteiger partial charge in [-0.2, -0.15) is 0 Å². The SMILES string of the molecule is CCCCn1c(SCC(=O)NCC(=O)NC)n[nH]c1=O. The third-order valence-electron chi connectivity index (χ3n) is 2.52. The van der Waals surface area contributed by atoms with Crippen molar-refractivity contribution < 1.29 is 9.59 Å². The highest BCUT2D eigenvalue weighted by atomic mass is 32.2. The highest BCUT2D eigenvalue weighted by Gasteiger charge is 2.11. The first-order chi connectivity index (χ1) is 9.58. The number of nitrogens with one attached hydrogen (secondary N) is 3. The summed E-state index contributed by atoms with van der Waals surface area (Å²) in [6.07, 6.45) is 1.84. The average molecular weight is 301 g/mol. The van der Waals surface area contributed by atoms with Gasteiger partial charge >= 0.3 is 5.69 Å². The normalized spacial score (nSPS) is 10.3. The van der Waals surface area contributed by atoms with Gasteiger partial charge in [-0.05, 0) is 6.42 Å². The van der Waals surface area contributed by atoms with Gasteiger partial charge in [-0.15, -0.1) is 5.10 Å². The number of aromatic nitrogens is 3. The molecular weight excluding hydrogens is 282 g/mol. The third-order valence-corrected chi connectivity index (χ3v) is 3.49. The van der Waals surface area contributed by atoms with Gasteiger partial charge in [0.1, 0.15) is 0 Å². The van der Waals surface area contributed by atoms with E-state index in [-0.39, 0.29) is 29.8 Å². The summed E-state index contributed by atoms with van der Waals surface area (Å²) in [4.78, 5) is 34.0. The van der Waals surface area contributed by atoms with Crippen molar-refractivity contribution in [1.29, 1.82) is 0 Å². The van der Waals surface area contributed by atoms with Crippen LogP contribution < -0.4 is 16.3 Å². The quantitative estimate of drug-likeness (QED) is 0.552. The van der Waals surface area contributed by atoms with Crippen LogP contribution in [-0.2, 0) is 16.1 Å². The maximum Gasteiger partial charge on any atom is 0.343 e. The van der Waals surface area contributed by atoms with Gasteiger partial charge in [-0.3, -0.25) is 14.2 Å². The zero-order chi connectivity index (χ0) is 15.0. The summed E-state index contributed by atoms with van der Waals surface area (Å²) < 4.78 is 1.51. The van der Waals surface area contributed by atoms with E-state index < -0.39 is 0 Å². The molecular formula is C11H19N5O3S. The monoisotopic (exact) mass is 301 g/mol. The zero-order valence-corrected chi connectivity index (χ0v) is 12.4. The van der Waals surface area contributed by atoms with Crippen LogP contribution in [0.1, 0.15) is 19.8 Å². The van der Waals surface area contributed by atoms with E-state index >= 15 is 0 Å². The van der Waals surface area contributed by atoms with Crippen molar-refractivity contribution in [3.63, 3.8) is 0 Å². The van der Waals surface area contributed by atoms with Crippen molar-refractivity contribution >= 4 is 23.6 Å². The second kappa shape index (κ2) is 8.41. The van der Waals surface area contributed by atoms with Crippen molar-refractivity contribution in [2.75, 3.05) is 19.3 Å². The molecule has 0 saturated carbocycles. The van der Waals surface area contributed by atoms with Crippen LogP contribution in [0, 0.1) is 0 Å². The van der Waals surface area contributed by atoms with Gasteiger partial charge in [0, 0.05) is 13.6 Å². The van der Waals surface area contributed by atoms with E-state index in [2.05, 4.69) is 20.8 Å². The van der Waals surface area contributed by atoms with Crippen molar-refractivity contribution in [2.24, 2.45) is 0 Å². The molecule has 0 spiro atoms. The maximum absolute atomic E-state index is 11.5. The average Bonchev–Trinajstić information content (AvgIpc) is 2.80. The Hall–Kier alpha value is -1.77. The molecule has 9 heteroatoms. The van der Waals surface area contributed by atoms with E-state index in [1.165, 1.54) is 11.6 Å². The lowest BCUT2D eigenvalue weighted by molar-refractivity contribution is -0.124. The smallest absolute Gasteiger partial charge is 0.343 e. The number of aromatic amines is 1. The number of unbranched alkanes of at least 4 members (excludes halogenated alkanes) is 1. The Bertz CT molecular complexity index is 510. The lowest BCUT2D eigenvalue weighted by Crippen LogP contribution is -2.36. The lowest BCUT2D eigenvalue weighted by atomic mass is 10.3. The number of rotatable bonds is 8. The number of nitrogens with zero attached hydrogens (tertiary/aromatic N) is 2. The van der Waals surface area contributed by atoms with Crippen molar-refractivity contribution in [3.8, 4) is 0 Å². The topological polar surface area (TPSA) is 109 Å². The summed E-state index contributed by atoms with van der Waals surface area (Å²) in [5.74, 6) is -0.438. The molecule has 8 nitrogen and oxygen atoms in total. The fourth-order valence-electron chi connectivity index (χ4n) is 1.38. The van der Waals surface area contributed by atoms with E-state index in [0.717, 1.165) is 24.6 Å². The van der Waals surface area contributed by atoms with Gasteiger partial charge < -0.3 is 10.6 Å². The molecule has 20 heavy (non-hydrogen) atoms. The number of carbonyl (C=O) groups excluding carboxylic acids is 2. The van der Waals surface area contributed by atoms with E-state index in [4.69, 9.17) is 0 Å². The number of hydrogen-bond donors (Lipinski definition) is 3. The van der Waals surface area contributed by atoms with E-state index in [1.807, 2.05) is 6.92 Å². The van der Waals surface area contributed by atoms with Gasteiger partial charge in [0.05, 0.1) is 12.3 Å². The third kappa shape index (κ3) is 5.08. The van der Waals surface area contributed by atoms with Gasteiger partial charge in [0.15, 0.2) is 5.16 Å². The standard InChI is InChI=1S/C11H19N5O3S/c1-3-4-5-16-10(19)14-15-11(16)20-7-9(18)13-6-8(17)12-2/h3-7H2,1-2H3,(H,12,17)(H,13,18)(H,14,19). The first-order valence-electron chi connectivity index (χ1n) is 6.33. The number of likely N-dealkylation sites (N-methyl/N-ethyl adjacent to an activating group) is 1. The highest BCUT2D eigenvalue weighted by molar-refractivity contribution is 7.99. The number of hydrogen-bond acceptors (Lipinski definition) is 5. The van der Waals surface area contributed by atoms with Crippen LogP contribution >= 0.6 is 11.8 Å². The Kier molecular flexibility index (Phi) is 6.85. The van der Waals surface area contributed by atoms with Crippen LogP contribution in [-0.4, -0.2) is 45.9 Å². The molecule has 0 radical (unpaired) electrons. The van der Waals surface area contributed by atoms with E-state index in [9.17, 15) is 14.4 Å². The molecule has 112 valence electrons. The van der Waals surface area contributed by atoms with E-state index in [0.29, 0.717) is 11.7 Å². The van der Waals surface area contributed by atoms with Crippen LogP contribution in [0.2, 0.25) is 0 Å². The largest absolute Gasteiger partial charge is 0.358 e.